The van der Waals surface area contributed by atoms with Crippen LogP contribution in [0.5, 0.6) is 11.6 Å². The summed E-state index contributed by atoms with van der Waals surface area (Å²) in [6.45, 7) is 0.723. The summed E-state index contributed by atoms with van der Waals surface area (Å²) in [5, 5.41) is 5.63. The van der Waals surface area contributed by atoms with Crippen molar-refractivity contribution in [2.45, 2.75) is 12.8 Å². The van der Waals surface area contributed by atoms with Gasteiger partial charge in [0.2, 0.25) is 5.88 Å². The Bertz CT molecular complexity index is 612. The molecular weight excluding hydrogens is 266 g/mol. The zero-order chi connectivity index (χ0) is 14.5. The average molecular weight is 283 g/mol. The first-order valence-electron chi connectivity index (χ1n) is 7.04. The van der Waals surface area contributed by atoms with Crippen LogP contribution in [0.1, 0.15) is 12.8 Å². The molecule has 2 N–H and O–H groups in total. The van der Waals surface area contributed by atoms with E-state index in [9.17, 15) is 4.79 Å². The monoisotopic (exact) mass is 283 g/mol. The molecule has 1 aliphatic carbocycles. The standard InChI is InChI=1S/C16H17N3O2/c20-16(18-11-12-8-9-12)19-14-7-4-10-17-15(14)21-13-5-2-1-3-6-13/h1-7,10,12H,8-9,11H2,(H2,18,19,20). The highest BCUT2D eigenvalue weighted by atomic mass is 16.5. The first kappa shape index (κ1) is 13.4. The lowest BCUT2D eigenvalue weighted by molar-refractivity contribution is 0.251. The fraction of sp³-hybridized carbons (Fsp3) is 0.250. The highest BCUT2D eigenvalue weighted by Crippen LogP contribution is 2.28. The molecule has 0 saturated heterocycles. The third-order valence-electron chi connectivity index (χ3n) is 3.23. The maximum atomic E-state index is 11.8. The molecule has 0 bridgehead atoms. The predicted molar refractivity (Wildman–Crippen MR) is 80.5 cm³/mol. The Hall–Kier alpha value is -2.56. The first-order valence-corrected chi connectivity index (χ1v) is 7.04. The second kappa shape index (κ2) is 6.26. The SMILES string of the molecule is O=C(NCC1CC1)Nc1cccnc1Oc1ccccc1. The molecule has 21 heavy (non-hydrogen) atoms. The van der Waals surface area contributed by atoms with E-state index in [0.717, 1.165) is 6.54 Å². The smallest absolute Gasteiger partial charge is 0.319 e. The molecule has 1 fully saturated rings. The van der Waals surface area contributed by atoms with Crippen molar-refractivity contribution in [1.29, 1.82) is 0 Å². The van der Waals surface area contributed by atoms with E-state index in [-0.39, 0.29) is 6.03 Å². The molecule has 5 heteroatoms. The second-order valence-corrected chi connectivity index (χ2v) is 5.05. The van der Waals surface area contributed by atoms with Crippen molar-refractivity contribution in [2.75, 3.05) is 11.9 Å². The number of benzene rings is 1. The Kier molecular flexibility index (Phi) is 4.00. The molecule has 1 aromatic carbocycles. The van der Waals surface area contributed by atoms with Crippen LogP contribution in [0.15, 0.2) is 48.7 Å². The number of carbonyl (C=O) groups is 1. The van der Waals surface area contributed by atoms with Gasteiger partial charge in [-0.05, 0) is 43.0 Å². The summed E-state index contributed by atoms with van der Waals surface area (Å²) in [6, 6.07) is 12.7. The van der Waals surface area contributed by atoms with E-state index in [0.29, 0.717) is 23.2 Å². The zero-order valence-electron chi connectivity index (χ0n) is 11.6. The fourth-order valence-electron chi connectivity index (χ4n) is 1.89. The highest BCUT2D eigenvalue weighted by Gasteiger charge is 2.21. The number of aromatic nitrogens is 1. The first-order chi connectivity index (χ1) is 10.3. The van der Waals surface area contributed by atoms with Gasteiger partial charge in [-0.1, -0.05) is 18.2 Å². The quantitative estimate of drug-likeness (QED) is 0.884. The van der Waals surface area contributed by atoms with Crippen molar-refractivity contribution >= 4 is 11.7 Å². The molecule has 1 aliphatic rings. The summed E-state index contributed by atoms with van der Waals surface area (Å²) < 4.78 is 5.69. The van der Waals surface area contributed by atoms with Crippen LogP contribution in [0, 0.1) is 5.92 Å². The number of pyridine rings is 1. The van der Waals surface area contributed by atoms with E-state index in [1.165, 1.54) is 12.8 Å². The van der Waals surface area contributed by atoms with Crippen molar-refractivity contribution in [3.63, 3.8) is 0 Å². The number of carbonyl (C=O) groups excluding carboxylic acids is 1. The molecule has 108 valence electrons. The number of amides is 2. The number of urea groups is 1. The van der Waals surface area contributed by atoms with Crippen LogP contribution >= 0.6 is 0 Å². The topological polar surface area (TPSA) is 63.2 Å². The number of hydrogen-bond donors (Lipinski definition) is 2. The van der Waals surface area contributed by atoms with Gasteiger partial charge in [0.05, 0.1) is 0 Å². The van der Waals surface area contributed by atoms with E-state index in [1.54, 1.807) is 18.3 Å². The molecule has 5 nitrogen and oxygen atoms in total. The van der Waals surface area contributed by atoms with Crippen LogP contribution in [0.25, 0.3) is 0 Å². The number of ether oxygens (including phenoxy) is 1. The van der Waals surface area contributed by atoms with Crippen molar-refractivity contribution in [1.82, 2.24) is 10.3 Å². The molecule has 2 aromatic rings. The van der Waals surface area contributed by atoms with Crippen LogP contribution in [0.2, 0.25) is 0 Å². The predicted octanol–water partition coefficient (Wildman–Crippen LogP) is 3.41. The van der Waals surface area contributed by atoms with Gasteiger partial charge in [-0.15, -0.1) is 0 Å². The van der Waals surface area contributed by atoms with Gasteiger partial charge in [-0.3, -0.25) is 0 Å². The molecule has 0 spiro atoms. The molecule has 0 radical (unpaired) electrons. The molecule has 3 rings (SSSR count). The van der Waals surface area contributed by atoms with Crippen LogP contribution in [-0.2, 0) is 0 Å². The Morgan fingerprint density at radius 1 is 1.19 bits per heavy atom. The number of hydrogen-bond acceptors (Lipinski definition) is 3. The summed E-state index contributed by atoms with van der Waals surface area (Å²) in [5.74, 6) is 1.70. The average Bonchev–Trinajstić information content (AvgIpc) is 3.33. The number of nitrogens with zero attached hydrogens (tertiary/aromatic N) is 1. The van der Waals surface area contributed by atoms with Gasteiger partial charge in [0, 0.05) is 12.7 Å². The molecule has 2 amide bonds. The molecule has 0 unspecified atom stereocenters. The van der Waals surface area contributed by atoms with Gasteiger partial charge in [0.15, 0.2) is 0 Å². The maximum Gasteiger partial charge on any atom is 0.319 e. The number of para-hydroxylation sites is 1. The van der Waals surface area contributed by atoms with Crippen molar-refractivity contribution in [3.05, 3.63) is 48.7 Å². The maximum absolute atomic E-state index is 11.8. The summed E-state index contributed by atoms with van der Waals surface area (Å²) in [6.07, 6.45) is 4.04. The van der Waals surface area contributed by atoms with E-state index in [4.69, 9.17) is 4.74 Å². The van der Waals surface area contributed by atoms with Gasteiger partial charge in [-0.2, -0.15) is 0 Å². The van der Waals surface area contributed by atoms with Crippen LogP contribution < -0.4 is 15.4 Å². The Labute approximate surface area is 123 Å². The van der Waals surface area contributed by atoms with E-state index < -0.39 is 0 Å². The number of rotatable bonds is 5. The Balaban J connectivity index is 1.65. The molecule has 0 aliphatic heterocycles. The second-order valence-electron chi connectivity index (χ2n) is 5.05. The normalized spacial score (nSPS) is 13.5. The van der Waals surface area contributed by atoms with E-state index >= 15 is 0 Å². The van der Waals surface area contributed by atoms with Gasteiger partial charge < -0.3 is 15.4 Å². The fourth-order valence-corrected chi connectivity index (χ4v) is 1.89. The summed E-state index contributed by atoms with van der Waals surface area (Å²) in [4.78, 5) is 16.0. The molecule has 0 atom stereocenters. The van der Waals surface area contributed by atoms with Crippen molar-refractivity contribution in [3.8, 4) is 11.6 Å². The lowest BCUT2D eigenvalue weighted by atomic mass is 10.3. The molecule has 1 aromatic heterocycles. The Morgan fingerprint density at radius 3 is 2.76 bits per heavy atom. The minimum atomic E-state index is -0.229. The lowest BCUT2D eigenvalue weighted by Crippen LogP contribution is -2.30. The molecular formula is C16H17N3O2. The van der Waals surface area contributed by atoms with E-state index in [2.05, 4.69) is 15.6 Å². The van der Waals surface area contributed by atoms with Crippen LogP contribution in [-0.4, -0.2) is 17.6 Å². The van der Waals surface area contributed by atoms with Crippen LogP contribution in [0.3, 0.4) is 0 Å². The van der Waals surface area contributed by atoms with Gasteiger partial charge in [0.1, 0.15) is 11.4 Å². The van der Waals surface area contributed by atoms with Gasteiger partial charge in [-0.25, -0.2) is 9.78 Å². The van der Waals surface area contributed by atoms with Gasteiger partial charge >= 0.3 is 6.03 Å². The summed E-state index contributed by atoms with van der Waals surface area (Å²) in [7, 11) is 0. The van der Waals surface area contributed by atoms with Gasteiger partial charge in [0.25, 0.3) is 0 Å². The van der Waals surface area contributed by atoms with Crippen molar-refractivity contribution < 1.29 is 9.53 Å². The Morgan fingerprint density at radius 2 is 2.00 bits per heavy atom. The summed E-state index contributed by atoms with van der Waals surface area (Å²) in [5.41, 5.74) is 0.551. The summed E-state index contributed by atoms with van der Waals surface area (Å²) >= 11 is 0. The highest BCUT2D eigenvalue weighted by molar-refractivity contribution is 5.90. The largest absolute Gasteiger partial charge is 0.437 e. The van der Waals surface area contributed by atoms with Crippen molar-refractivity contribution in [2.24, 2.45) is 5.92 Å². The third kappa shape index (κ3) is 3.95. The molecule has 1 heterocycles. The minimum absolute atomic E-state index is 0.229. The third-order valence-corrected chi connectivity index (χ3v) is 3.23. The number of anilines is 1. The molecule has 1 saturated carbocycles. The number of nitrogens with one attached hydrogen (secondary N) is 2. The lowest BCUT2D eigenvalue weighted by Gasteiger charge is -2.11. The zero-order valence-corrected chi connectivity index (χ0v) is 11.6. The van der Waals surface area contributed by atoms with E-state index in [1.807, 2.05) is 30.3 Å². The minimum Gasteiger partial charge on any atom is -0.437 e. The van der Waals surface area contributed by atoms with Crippen LogP contribution in [0.4, 0.5) is 10.5 Å².